The smallest absolute Gasteiger partial charge is 0.255 e. The van der Waals surface area contributed by atoms with Crippen LogP contribution in [0.1, 0.15) is 17.3 Å². The van der Waals surface area contributed by atoms with E-state index >= 15 is 0 Å². The van der Waals surface area contributed by atoms with Crippen molar-refractivity contribution in [3.63, 3.8) is 0 Å². The molecule has 0 radical (unpaired) electrons. The molecule has 0 unspecified atom stereocenters. The molecule has 0 aliphatic heterocycles. The van der Waals surface area contributed by atoms with Crippen molar-refractivity contribution in [3.8, 4) is 11.5 Å². The van der Waals surface area contributed by atoms with E-state index in [0.29, 0.717) is 35.0 Å². The Morgan fingerprint density at radius 1 is 1.08 bits per heavy atom. The number of nitrogens with one attached hydrogen (secondary N) is 1. The van der Waals surface area contributed by atoms with Crippen molar-refractivity contribution in [1.82, 2.24) is 0 Å². The SMILES string of the molecule is CCN(c1ccc(C(=O)Nc2cc(OC)ccc2OC)cc1)S(C)(=O)=O. The summed E-state index contributed by atoms with van der Waals surface area (Å²) in [6.45, 7) is 2.06. The van der Waals surface area contributed by atoms with Gasteiger partial charge in [0.15, 0.2) is 0 Å². The molecule has 140 valence electrons. The molecule has 7 nitrogen and oxygen atoms in total. The minimum absolute atomic E-state index is 0.311. The minimum Gasteiger partial charge on any atom is -0.497 e. The van der Waals surface area contributed by atoms with Crippen molar-refractivity contribution in [3.05, 3.63) is 48.0 Å². The number of rotatable bonds is 7. The summed E-state index contributed by atoms with van der Waals surface area (Å²) in [6, 6.07) is 11.4. The molecule has 0 bridgehead atoms. The van der Waals surface area contributed by atoms with Crippen LogP contribution in [0.3, 0.4) is 0 Å². The van der Waals surface area contributed by atoms with Crippen LogP contribution in [0.4, 0.5) is 11.4 Å². The molecule has 2 rings (SSSR count). The fourth-order valence-corrected chi connectivity index (χ4v) is 3.47. The summed E-state index contributed by atoms with van der Waals surface area (Å²) >= 11 is 0. The van der Waals surface area contributed by atoms with E-state index in [0.717, 1.165) is 6.26 Å². The van der Waals surface area contributed by atoms with Gasteiger partial charge in [-0.1, -0.05) is 0 Å². The Hall–Kier alpha value is -2.74. The van der Waals surface area contributed by atoms with Gasteiger partial charge in [-0.05, 0) is 43.3 Å². The van der Waals surface area contributed by atoms with Crippen LogP contribution in [0.15, 0.2) is 42.5 Å². The molecule has 0 aliphatic rings. The predicted octanol–water partition coefficient (Wildman–Crippen LogP) is 2.74. The maximum absolute atomic E-state index is 12.5. The molecule has 0 atom stereocenters. The van der Waals surface area contributed by atoms with Gasteiger partial charge >= 0.3 is 0 Å². The highest BCUT2D eigenvalue weighted by atomic mass is 32.2. The number of methoxy groups -OCH3 is 2. The van der Waals surface area contributed by atoms with E-state index in [9.17, 15) is 13.2 Å². The zero-order chi connectivity index (χ0) is 19.3. The van der Waals surface area contributed by atoms with E-state index in [1.807, 2.05) is 0 Å². The molecular weight excluding hydrogens is 356 g/mol. The van der Waals surface area contributed by atoms with Crippen molar-refractivity contribution < 1.29 is 22.7 Å². The fraction of sp³-hybridized carbons (Fsp3) is 0.278. The van der Waals surface area contributed by atoms with Crippen LogP contribution >= 0.6 is 0 Å². The van der Waals surface area contributed by atoms with Crippen molar-refractivity contribution in [2.24, 2.45) is 0 Å². The van der Waals surface area contributed by atoms with Crippen LogP contribution in [0.5, 0.6) is 11.5 Å². The number of hydrogen-bond acceptors (Lipinski definition) is 5. The van der Waals surface area contributed by atoms with E-state index in [1.54, 1.807) is 49.4 Å². The Bertz CT molecular complexity index is 879. The van der Waals surface area contributed by atoms with Gasteiger partial charge in [0.1, 0.15) is 11.5 Å². The minimum atomic E-state index is -3.36. The molecule has 0 aromatic heterocycles. The highest BCUT2D eigenvalue weighted by molar-refractivity contribution is 7.92. The van der Waals surface area contributed by atoms with Crippen LogP contribution in [0.25, 0.3) is 0 Å². The summed E-state index contributed by atoms with van der Waals surface area (Å²) in [6.07, 6.45) is 1.15. The number of anilines is 2. The van der Waals surface area contributed by atoms with Gasteiger partial charge in [-0.3, -0.25) is 9.10 Å². The van der Waals surface area contributed by atoms with Crippen LogP contribution in [-0.2, 0) is 10.0 Å². The fourth-order valence-electron chi connectivity index (χ4n) is 2.49. The third-order valence-electron chi connectivity index (χ3n) is 3.76. The van der Waals surface area contributed by atoms with E-state index in [4.69, 9.17) is 9.47 Å². The molecule has 26 heavy (non-hydrogen) atoms. The average Bonchev–Trinajstić information content (AvgIpc) is 2.61. The molecule has 1 amide bonds. The molecule has 0 saturated heterocycles. The van der Waals surface area contributed by atoms with Gasteiger partial charge in [-0.25, -0.2) is 8.42 Å². The first-order valence-corrected chi connectivity index (χ1v) is 9.76. The molecular formula is C18H22N2O5S. The molecule has 0 fully saturated rings. The van der Waals surface area contributed by atoms with Gasteiger partial charge in [0.2, 0.25) is 10.0 Å². The Balaban J connectivity index is 2.23. The first kappa shape index (κ1) is 19.6. The number of benzene rings is 2. The Kier molecular flexibility index (Phi) is 6.10. The quantitative estimate of drug-likeness (QED) is 0.801. The van der Waals surface area contributed by atoms with Crippen LogP contribution < -0.4 is 19.1 Å². The molecule has 0 aliphatic carbocycles. The second-order valence-electron chi connectivity index (χ2n) is 5.49. The van der Waals surface area contributed by atoms with E-state index in [1.165, 1.54) is 18.5 Å². The highest BCUT2D eigenvalue weighted by Gasteiger charge is 2.16. The lowest BCUT2D eigenvalue weighted by molar-refractivity contribution is 0.102. The number of carbonyl (C=O) groups excluding carboxylic acids is 1. The zero-order valence-electron chi connectivity index (χ0n) is 15.1. The van der Waals surface area contributed by atoms with Crippen LogP contribution in [-0.4, -0.2) is 41.3 Å². The summed E-state index contributed by atoms with van der Waals surface area (Å²) in [5, 5.41) is 2.77. The summed E-state index contributed by atoms with van der Waals surface area (Å²) < 4.78 is 35.2. The average molecular weight is 378 g/mol. The first-order chi connectivity index (χ1) is 12.3. The molecule has 2 aromatic carbocycles. The number of hydrogen-bond donors (Lipinski definition) is 1. The molecule has 0 spiro atoms. The Labute approximate surface area is 153 Å². The van der Waals surface area contributed by atoms with Crippen molar-refractivity contribution >= 4 is 27.3 Å². The number of ether oxygens (including phenoxy) is 2. The molecule has 0 heterocycles. The predicted molar refractivity (Wildman–Crippen MR) is 102 cm³/mol. The summed E-state index contributed by atoms with van der Waals surface area (Å²) in [5.41, 5.74) is 1.38. The summed E-state index contributed by atoms with van der Waals surface area (Å²) in [7, 11) is -0.318. The summed E-state index contributed by atoms with van der Waals surface area (Å²) in [5.74, 6) is 0.749. The molecule has 2 aromatic rings. The van der Waals surface area contributed by atoms with Crippen molar-refractivity contribution in [2.75, 3.05) is 36.6 Å². The van der Waals surface area contributed by atoms with Gasteiger partial charge in [0, 0.05) is 18.2 Å². The lowest BCUT2D eigenvalue weighted by atomic mass is 10.2. The standard InChI is InChI=1S/C18H22N2O5S/c1-5-20(26(4,22)23)14-8-6-13(7-9-14)18(21)19-16-12-15(24-2)10-11-17(16)25-3/h6-12H,5H2,1-4H3,(H,19,21). The van der Waals surface area contributed by atoms with Crippen LogP contribution in [0.2, 0.25) is 0 Å². The number of sulfonamides is 1. The molecule has 1 N–H and O–H groups in total. The Morgan fingerprint density at radius 3 is 2.23 bits per heavy atom. The third kappa shape index (κ3) is 4.45. The number of amides is 1. The third-order valence-corrected chi connectivity index (χ3v) is 5.03. The second-order valence-corrected chi connectivity index (χ2v) is 7.40. The van der Waals surface area contributed by atoms with Crippen molar-refractivity contribution in [2.45, 2.75) is 6.92 Å². The highest BCUT2D eigenvalue weighted by Crippen LogP contribution is 2.29. The van der Waals surface area contributed by atoms with E-state index < -0.39 is 10.0 Å². The first-order valence-electron chi connectivity index (χ1n) is 7.91. The van der Waals surface area contributed by atoms with E-state index in [-0.39, 0.29) is 5.91 Å². The largest absolute Gasteiger partial charge is 0.497 e. The molecule has 8 heteroatoms. The second kappa shape index (κ2) is 8.09. The number of nitrogens with zero attached hydrogens (tertiary/aromatic N) is 1. The molecule has 0 saturated carbocycles. The van der Waals surface area contributed by atoms with Gasteiger partial charge in [0.25, 0.3) is 5.91 Å². The maximum Gasteiger partial charge on any atom is 0.255 e. The normalized spacial score (nSPS) is 10.9. The lowest BCUT2D eigenvalue weighted by Gasteiger charge is -2.20. The van der Waals surface area contributed by atoms with Gasteiger partial charge in [-0.2, -0.15) is 0 Å². The van der Waals surface area contributed by atoms with Gasteiger partial charge in [0.05, 0.1) is 31.9 Å². The summed E-state index contributed by atoms with van der Waals surface area (Å²) in [4.78, 5) is 12.5. The maximum atomic E-state index is 12.5. The monoisotopic (exact) mass is 378 g/mol. The Morgan fingerprint density at radius 2 is 1.73 bits per heavy atom. The zero-order valence-corrected chi connectivity index (χ0v) is 16.0. The number of carbonyl (C=O) groups is 1. The van der Waals surface area contributed by atoms with Gasteiger partial charge < -0.3 is 14.8 Å². The van der Waals surface area contributed by atoms with Crippen molar-refractivity contribution in [1.29, 1.82) is 0 Å². The van der Waals surface area contributed by atoms with E-state index in [2.05, 4.69) is 5.32 Å². The van der Waals surface area contributed by atoms with Gasteiger partial charge in [-0.15, -0.1) is 0 Å². The van der Waals surface area contributed by atoms with Crippen LogP contribution in [0, 0.1) is 0 Å². The topological polar surface area (TPSA) is 84.9 Å². The lowest BCUT2D eigenvalue weighted by Crippen LogP contribution is -2.29.